The lowest BCUT2D eigenvalue weighted by Gasteiger charge is -2.08. The van der Waals surface area contributed by atoms with Crippen LogP contribution in [-0.2, 0) is 6.54 Å². The molecule has 0 bridgehead atoms. The van der Waals surface area contributed by atoms with E-state index in [0.29, 0.717) is 17.6 Å². The summed E-state index contributed by atoms with van der Waals surface area (Å²) in [4.78, 5) is 17.3. The van der Waals surface area contributed by atoms with Gasteiger partial charge in [-0.2, -0.15) is 5.10 Å². The highest BCUT2D eigenvalue weighted by Crippen LogP contribution is 2.18. The summed E-state index contributed by atoms with van der Waals surface area (Å²) in [6.45, 7) is 0.409. The lowest BCUT2D eigenvalue weighted by atomic mass is 10.2. The Morgan fingerprint density at radius 3 is 2.52 bits per heavy atom. The van der Waals surface area contributed by atoms with Crippen LogP contribution in [0.15, 0.2) is 65.8 Å². The minimum Gasteiger partial charge on any atom is -0.497 e. The van der Waals surface area contributed by atoms with E-state index in [1.165, 1.54) is 0 Å². The highest BCUT2D eigenvalue weighted by atomic mass is 16.5. The molecule has 0 aliphatic carbocycles. The van der Waals surface area contributed by atoms with Crippen molar-refractivity contribution in [3.8, 4) is 17.2 Å². The fourth-order valence-corrected chi connectivity index (χ4v) is 2.94. The summed E-state index contributed by atoms with van der Waals surface area (Å²) in [5, 5.41) is 4.81. The van der Waals surface area contributed by atoms with Crippen molar-refractivity contribution < 1.29 is 9.47 Å². The Morgan fingerprint density at radius 1 is 1.00 bits per heavy atom. The van der Waals surface area contributed by atoms with E-state index in [2.05, 4.69) is 10.1 Å². The number of methoxy groups -OCH3 is 2. The molecule has 2 aromatic heterocycles. The quantitative estimate of drug-likeness (QED) is 0.546. The molecule has 2 aromatic carbocycles. The SMILES string of the molecule is COc1ccc(-n2ncc3c(=O)n(Cc4cccc(OC)c4)cnc32)cc1. The topological polar surface area (TPSA) is 71.2 Å². The first-order valence-electron chi connectivity index (χ1n) is 8.40. The summed E-state index contributed by atoms with van der Waals surface area (Å²) in [6, 6.07) is 15.0. The normalized spacial score (nSPS) is 10.9. The van der Waals surface area contributed by atoms with Crippen LogP contribution < -0.4 is 15.0 Å². The van der Waals surface area contributed by atoms with E-state index in [4.69, 9.17) is 9.47 Å². The van der Waals surface area contributed by atoms with E-state index in [1.807, 2.05) is 48.5 Å². The van der Waals surface area contributed by atoms with Gasteiger partial charge in [0.1, 0.15) is 23.2 Å². The monoisotopic (exact) mass is 362 g/mol. The molecule has 0 unspecified atom stereocenters. The molecule has 0 aliphatic heterocycles. The molecule has 0 aliphatic rings. The molecule has 0 radical (unpaired) electrons. The van der Waals surface area contributed by atoms with Gasteiger partial charge in [-0.15, -0.1) is 0 Å². The Kier molecular flexibility index (Phi) is 4.33. The predicted octanol–water partition coefficient (Wildman–Crippen LogP) is 2.65. The minimum atomic E-state index is -0.136. The number of nitrogens with zero attached hydrogens (tertiary/aromatic N) is 4. The Morgan fingerprint density at radius 2 is 1.78 bits per heavy atom. The van der Waals surface area contributed by atoms with Crippen molar-refractivity contribution in [1.82, 2.24) is 19.3 Å². The zero-order valence-corrected chi connectivity index (χ0v) is 15.0. The van der Waals surface area contributed by atoms with Crippen molar-refractivity contribution in [1.29, 1.82) is 0 Å². The molecule has 0 saturated carbocycles. The average molecular weight is 362 g/mol. The second-order valence-electron chi connectivity index (χ2n) is 6.02. The van der Waals surface area contributed by atoms with Crippen LogP contribution in [0.4, 0.5) is 0 Å². The summed E-state index contributed by atoms with van der Waals surface area (Å²) < 4.78 is 13.6. The van der Waals surface area contributed by atoms with Gasteiger partial charge >= 0.3 is 0 Å². The summed E-state index contributed by atoms with van der Waals surface area (Å²) >= 11 is 0. The van der Waals surface area contributed by atoms with Gasteiger partial charge in [0.2, 0.25) is 0 Å². The maximum absolute atomic E-state index is 12.9. The number of hydrogen-bond donors (Lipinski definition) is 0. The summed E-state index contributed by atoms with van der Waals surface area (Å²) in [6.07, 6.45) is 3.10. The Hall–Kier alpha value is -3.61. The second-order valence-corrected chi connectivity index (χ2v) is 6.02. The molecule has 0 spiro atoms. The number of benzene rings is 2. The highest BCUT2D eigenvalue weighted by Gasteiger charge is 2.12. The van der Waals surface area contributed by atoms with Crippen LogP contribution in [0.25, 0.3) is 16.7 Å². The van der Waals surface area contributed by atoms with Crippen molar-refractivity contribution >= 4 is 11.0 Å². The molecule has 0 fully saturated rings. The highest BCUT2D eigenvalue weighted by molar-refractivity contribution is 5.75. The molecule has 0 saturated heterocycles. The van der Waals surface area contributed by atoms with Crippen molar-refractivity contribution in [2.75, 3.05) is 14.2 Å². The fraction of sp³-hybridized carbons (Fsp3) is 0.150. The van der Waals surface area contributed by atoms with E-state index >= 15 is 0 Å². The molecule has 4 rings (SSSR count). The first-order chi connectivity index (χ1) is 13.2. The lowest BCUT2D eigenvalue weighted by Crippen LogP contribution is -2.21. The van der Waals surface area contributed by atoms with Gasteiger partial charge in [0, 0.05) is 0 Å². The molecule has 0 N–H and O–H groups in total. The van der Waals surface area contributed by atoms with Gasteiger partial charge in [-0.3, -0.25) is 9.36 Å². The summed E-state index contributed by atoms with van der Waals surface area (Å²) in [5.41, 5.74) is 2.15. The molecular weight excluding hydrogens is 344 g/mol. The van der Waals surface area contributed by atoms with Crippen LogP contribution in [0.3, 0.4) is 0 Å². The first-order valence-corrected chi connectivity index (χ1v) is 8.40. The van der Waals surface area contributed by atoms with Gasteiger partial charge in [0.25, 0.3) is 5.56 Å². The predicted molar refractivity (Wildman–Crippen MR) is 102 cm³/mol. The van der Waals surface area contributed by atoms with Crippen LogP contribution in [0.5, 0.6) is 11.5 Å². The van der Waals surface area contributed by atoms with Gasteiger partial charge in [0.05, 0.1) is 32.6 Å². The zero-order chi connectivity index (χ0) is 18.8. The average Bonchev–Trinajstić information content (AvgIpc) is 3.15. The van der Waals surface area contributed by atoms with E-state index in [1.54, 1.807) is 36.0 Å². The molecule has 4 aromatic rings. The Labute approximate surface area is 155 Å². The molecule has 0 atom stereocenters. The number of rotatable bonds is 5. The fourth-order valence-electron chi connectivity index (χ4n) is 2.94. The largest absolute Gasteiger partial charge is 0.497 e. The summed E-state index contributed by atoms with van der Waals surface area (Å²) in [7, 11) is 3.23. The number of aromatic nitrogens is 4. The van der Waals surface area contributed by atoms with Crippen molar-refractivity contribution in [3.63, 3.8) is 0 Å². The van der Waals surface area contributed by atoms with Crippen LogP contribution in [0.2, 0.25) is 0 Å². The number of fused-ring (bicyclic) bond motifs is 1. The lowest BCUT2D eigenvalue weighted by molar-refractivity contribution is 0.414. The molecule has 7 nitrogen and oxygen atoms in total. The number of hydrogen-bond acceptors (Lipinski definition) is 5. The maximum atomic E-state index is 12.9. The maximum Gasteiger partial charge on any atom is 0.264 e. The van der Waals surface area contributed by atoms with Gasteiger partial charge < -0.3 is 9.47 Å². The smallest absolute Gasteiger partial charge is 0.264 e. The molecular formula is C20H18N4O3. The Bertz CT molecular complexity index is 1150. The molecule has 0 amide bonds. The van der Waals surface area contributed by atoms with E-state index in [0.717, 1.165) is 22.7 Å². The third kappa shape index (κ3) is 3.15. The third-order valence-corrected chi connectivity index (χ3v) is 4.36. The zero-order valence-electron chi connectivity index (χ0n) is 15.0. The minimum absolute atomic E-state index is 0.136. The standard InChI is InChI=1S/C20H18N4O3/c1-26-16-8-6-15(7-9-16)24-19-18(11-22-24)20(25)23(13-21-19)12-14-4-3-5-17(10-14)27-2/h3-11,13H,12H2,1-2H3. The molecule has 7 heteroatoms. The van der Waals surface area contributed by atoms with Gasteiger partial charge in [-0.05, 0) is 42.0 Å². The third-order valence-electron chi connectivity index (χ3n) is 4.36. The Balaban J connectivity index is 1.71. The van der Waals surface area contributed by atoms with Crippen LogP contribution in [-0.4, -0.2) is 33.6 Å². The van der Waals surface area contributed by atoms with Gasteiger partial charge in [0.15, 0.2) is 5.65 Å². The van der Waals surface area contributed by atoms with Crippen LogP contribution in [0, 0.1) is 0 Å². The van der Waals surface area contributed by atoms with Crippen LogP contribution in [0.1, 0.15) is 5.56 Å². The summed E-state index contributed by atoms with van der Waals surface area (Å²) in [5.74, 6) is 1.51. The van der Waals surface area contributed by atoms with Crippen molar-refractivity contribution in [2.45, 2.75) is 6.54 Å². The van der Waals surface area contributed by atoms with E-state index in [-0.39, 0.29) is 5.56 Å². The first kappa shape index (κ1) is 16.8. The molecule has 27 heavy (non-hydrogen) atoms. The molecule has 136 valence electrons. The molecule has 2 heterocycles. The number of ether oxygens (including phenoxy) is 2. The second kappa shape index (κ2) is 6.95. The van der Waals surface area contributed by atoms with Gasteiger partial charge in [-0.1, -0.05) is 12.1 Å². The van der Waals surface area contributed by atoms with Crippen molar-refractivity contribution in [2.24, 2.45) is 0 Å². The van der Waals surface area contributed by atoms with Gasteiger partial charge in [-0.25, -0.2) is 9.67 Å². The van der Waals surface area contributed by atoms with Crippen molar-refractivity contribution in [3.05, 3.63) is 77.0 Å². The van der Waals surface area contributed by atoms with Crippen LogP contribution >= 0.6 is 0 Å². The van der Waals surface area contributed by atoms with E-state index < -0.39 is 0 Å². The van der Waals surface area contributed by atoms with E-state index in [9.17, 15) is 4.79 Å².